The molecule has 0 aliphatic rings. The summed E-state index contributed by atoms with van der Waals surface area (Å²) in [5, 5.41) is 2.85. The summed E-state index contributed by atoms with van der Waals surface area (Å²) in [5.74, 6) is 0.575. The van der Waals surface area contributed by atoms with Crippen LogP contribution in [-0.2, 0) is 16.6 Å². The minimum Gasteiger partial charge on any atom is -0.492 e. The number of carbonyl (C=O) groups is 1. The zero-order chi connectivity index (χ0) is 24.9. The summed E-state index contributed by atoms with van der Waals surface area (Å²) in [4.78, 5) is 12.5. The van der Waals surface area contributed by atoms with Crippen molar-refractivity contribution in [1.82, 2.24) is 5.32 Å². The Labute approximate surface area is 202 Å². The van der Waals surface area contributed by atoms with Gasteiger partial charge in [-0.1, -0.05) is 30.3 Å². The first-order valence-electron chi connectivity index (χ1n) is 11.2. The van der Waals surface area contributed by atoms with E-state index in [1.54, 1.807) is 24.3 Å². The van der Waals surface area contributed by atoms with Gasteiger partial charge in [0.2, 0.25) is 10.0 Å². The standard InChI is InChI=1S/C27H32N2O4S/c1-19-6-7-21(3)26(16-19)29(34(5,31)32)18-23-9-11-24(12-10-23)27(30)28-14-15-33-25-13-8-20(2)22(4)17-25/h6-13,16-17H,14-15,18H2,1-5H3,(H,28,30). The van der Waals surface area contributed by atoms with Gasteiger partial charge in [-0.2, -0.15) is 0 Å². The summed E-state index contributed by atoms with van der Waals surface area (Å²) in [6.07, 6.45) is 1.20. The highest BCUT2D eigenvalue weighted by Crippen LogP contribution is 2.26. The predicted molar refractivity (Wildman–Crippen MR) is 137 cm³/mol. The Morgan fingerprint density at radius 3 is 2.21 bits per heavy atom. The quantitative estimate of drug-likeness (QED) is 0.451. The Balaban J connectivity index is 1.60. The fourth-order valence-electron chi connectivity index (χ4n) is 3.54. The number of rotatable bonds is 9. The van der Waals surface area contributed by atoms with E-state index in [1.807, 2.05) is 64.1 Å². The van der Waals surface area contributed by atoms with Crippen LogP contribution in [0.1, 0.15) is 38.2 Å². The molecule has 180 valence electrons. The van der Waals surface area contributed by atoms with Crippen molar-refractivity contribution in [1.29, 1.82) is 0 Å². The molecule has 6 nitrogen and oxygen atoms in total. The lowest BCUT2D eigenvalue weighted by Crippen LogP contribution is -2.30. The van der Waals surface area contributed by atoms with E-state index in [4.69, 9.17) is 4.74 Å². The van der Waals surface area contributed by atoms with Gasteiger partial charge in [0.25, 0.3) is 5.91 Å². The van der Waals surface area contributed by atoms with Crippen molar-refractivity contribution in [3.63, 3.8) is 0 Å². The fraction of sp³-hybridized carbons (Fsp3) is 0.296. The van der Waals surface area contributed by atoms with Gasteiger partial charge in [-0.05, 0) is 85.8 Å². The van der Waals surface area contributed by atoms with Gasteiger partial charge in [0.05, 0.1) is 25.0 Å². The van der Waals surface area contributed by atoms with E-state index in [0.29, 0.717) is 24.4 Å². The molecule has 0 spiro atoms. The molecule has 0 aliphatic carbocycles. The average Bonchev–Trinajstić information content (AvgIpc) is 2.78. The highest BCUT2D eigenvalue weighted by Gasteiger charge is 2.20. The number of nitrogens with one attached hydrogen (secondary N) is 1. The van der Waals surface area contributed by atoms with Crippen LogP contribution in [0.3, 0.4) is 0 Å². The molecule has 0 fully saturated rings. The maximum absolute atomic E-state index is 12.5. The number of aryl methyl sites for hydroxylation is 4. The molecule has 0 saturated carbocycles. The summed E-state index contributed by atoms with van der Waals surface area (Å²) < 4.78 is 32.1. The van der Waals surface area contributed by atoms with Crippen LogP contribution in [0.15, 0.2) is 60.7 Å². The Morgan fingerprint density at radius 2 is 1.56 bits per heavy atom. The SMILES string of the molecule is Cc1ccc(C)c(N(Cc2ccc(C(=O)NCCOc3ccc(C)c(C)c3)cc2)S(C)(=O)=O)c1. The Kier molecular flexibility index (Phi) is 7.99. The molecule has 34 heavy (non-hydrogen) atoms. The van der Waals surface area contributed by atoms with E-state index >= 15 is 0 Å². The van der Waals surface area contributed by atoms with E-state index in [-0.39, 0.29) is 12.5 Å². The van der Waals surface area contributed by atoms with Gasteiger partial charge >= 0.3 is 0 Å². The molecule has 0 unspecified atom stereocenters. The normalized spacial score (nSPS) is 11.2. The van der Waals surface area contributed by atoms with Crippen LogP contribution in [-0.4, -0.2) is 33.7 Å². The Bertz CT molecular complexity index is 1270. The van der Waals surface area contributed by atoms with Gasteiger partial charge in [-0.25, -0.2) is 8.42 Å². The minimum absolute atomic E-state index is 0.189. The van der Waals surface area contributed by atoms with Crippen LogP contribution in [0, 0.1) is 27.7 Å². The maximum Gasteiger partial charge on any atom is 0.251 e. The molecule has 0 bridgehead atoms. The molecular formula is C27H32N2O4S. The number of amides is 1. The molecule has 0 saturated heterocycles. The predicted octanol–water partition coefficient (Wildman–Crippen LogP) is 4.70. The lowest BCUT2D eigenvalue weighted by atomic mass is 10.1. The van der Waals surface area contributed by atoms with E-state index in [0.717, 1.165) is 28.0 Å². The average molecular weight is 481 g/mol. The lowest BCUT2D eigenvalue weighted by molar-refractivity contribution is 0.0947. The monoisotopic (exact) mass is 480 g/mol. The molecule has 3 rings (SSSR count). The first-order chi connectivity index (χ1) is 16.0. The lowest BCUT2D eigenvalue weighted by Gasteiger charge is -2.25. The van der Waals surface area contributed by atoms with Crippen molar-refractivity contribution in [3.8, 4) is 5.75 Å². The summed E-state index contributed by atoms with van der Waals surface area (Å²) in [6.45, 7) is 8.84. The third-order valence-corrected chi connectivity index (χ3v) is 6.84. The first-order valence-corrected chi connectivity index (χ1v) is 13.0. The van der Waals surface area contributed by atoms with Gasteiger partial charge in [-0.15, -0.1) is 0 Å². The van der Waals surface area contributed by atoms with Gasteiger partial charge < -0.3 is 10.1 Å². The Morgan fingerprint density at radius 1 is 0.882 bits per heavy atom. The number of anilines is 1. The Hall–Kier alpha value is -3.32. The van der Waals surface area contributed by atoms with Crippen LogP contribution in [0.25, 0.3) is 0 Å². The second-order valence-electron chi connectivity index (χ2n) is 8.61. The third-order valence-electron chi connectivity index (χ3n) is 5.71. The van der Waals surface area contributed by atoms with E-state index < -0.39 is 10.0 Å². The summed E-state index contributed by atoms with van der Waals surface area (Å²) >= 11 is 0. The van der Waals surface area contributed by atoms with Gasteiger partial charge in [0, 0.05) is 5.56 Å². The maximum atomic E-state index is 12.5. The molecule has 1 N–H and O–H groups in total. The van der Waals surface area contributed by atoms with Crippen LogP contribution < -0.4 is 14.4 Å². The van der Waals surface area contributed by atoms with Crippen LogP contribution in [0.2, 0.25) is 0 Å². The van der Waals surface area contributed by atoms with Crippen molar-refractivity contribution in [3.05, 3.63) is 94.0 Å². The molecule has 3 aromatic rings. The highest BCUT2D eigenvalue weighted by atomic mass is 32.2. The number of sulfonamides is 1. The van der Waals surface area contributed by atoms with Crippen molar-refractivity contribution in [2.45, 2.75) is 34.2 Å². The number of hydrogen-bond donors (Lipinski definition) is 1. The molecule has 0 radical (unpaired) electrons. The van der Waals surface area contributed by atoms with E-state index in [1.165, 1.54) is 16.1 Å². The number of nitrogens with zero attached hydrogens (tertiary/aromatic N) is 1. The molecule has 0 aliphatic heterocycles. The topological polar surface area (TPSA) is 75.7 Å². The van der Waals surface area contributed by atoms with Gasteiger partial charge in [-0.3, -0.25) is 9.10 Å². The fourth-order valence-corrected chi connectivity index (χ4v) is 4.47. The molecular weight excluding hydrogens is 448 g/mol. The number of ether oxygens (including phenoxy) is 1. The molecule has 0 atom stereocenters. The molecule has 0 heterocycles. The van der Waals surface area contributed by atoms with Crippen molar-refractivity contribution in [2.24, 2.45) is 0 Å². The summed E-state index contributed by atoms with van der Waals surface area (Å²) in [6, 6.07) is 18.6. The molecule has 3 aromatic carbocycles. The van der Waals surface area contributed by atoms with Crippen LogP contribution in [0.4, 0.5) is 5.69 Å². The van der Waals surface area contributed by atoms with Crippen LogP contribution in [0.5, 0.6) is 5.75 Å². The van der Waals surface area contributed by atoms with E-state index in [2.05, 4.69) is 5.32 Å². The molecule has 1 amide bonds. The minimum atomic E-state index is -3.48. The van der Waals surface area contributed by atoms with Gasteiger partial charge in [0.15, 0.2) is 0 Å². The molecule has 0 aromatic heterocycles. The van der Waals surface area contributed by atoms with Crippen molar-refractivity contribution < 1.29 is 17.9 Å². The summed E-state index contributed by atoms with van der Waals surface area (Å²) in [7, 11) is -3.48. The third kappa shape index (κ3) is 6.60. The first kappa shape index (κ1) is 25.3. The molecule has 7 heteroatoms. The number of benzene rings is 3. The summed E-state index contributed by atoms with van der Waals surface area (Å²) in [5.41, 5.74) is 6.20. The van der Waals surface area contributed by atoms with Gasteiger partial charge in [0.1, 0.15) is 12.4 Å². The number of hydrogen-bond acceptors (Lipinski definition) is 4. The second kappa shape index (κ2) is 10.7. The zero-order valence-corrected chi connectivity index (χ0v) is 21.2. The zero-order valence-electron chi connectivity index (χ0n) is 20.4. The van der Waals surface area contributed by atoms with Crippen molar-refractivity contribution >= 4 is 21.6 Å². The van der Waals surface area contributed by atoms with Crippen molar-refractivity contribution in [2.75, 3.05) is 23.7 Å². The smallest absolute Gasteiger partial charge is 0.251 e. The largest absolute Gasteiger partial charge is 0.492 e. The second-order valence-corrected chi connectivity index (χ2v) is 10.5. The number of carbonyl (C=O) groups excluding carboxylic acids is 1. The van der Waals surface area contributed by atoms with Crippen LogP contribution >= 0.6 is 0 Å². The van der Waals surface area contributed by atoms with E-state index in [9.17, 15) is 13.2 Å². The highest BCUT2D eigenvalue weighted by molar-refractivity contribution is 7.92.